The third-order valence-electron chi connectivity index (χ3n) is 2.78. The first-order chi connectivity index (χ1) is 9.79. The number of hydrogen-bond donors (Lipinski definition) is 1. The summed E-state index contributed by atoms with van der Waals surface area (Å²) < 4.78 is 27.7. The number of thiazole rings is 1. The second-order valence-corrected chi connectivity index (χ2v) is 8.35. The van der Waals surface area contributed by atoms with Gasteiger partial charge in [0.05, 0.1) is 16.3 Å². The van der Waals surface area contributed by atoms with Crippen molar-refractivity contribution in [3.8, 4) is 0 Å². The molecule has 0 spiro atoms. The van der Waals surface area contributed by atoms with Gasteiger partial charge in [0.2, 0.25) is 9.58 Å². The Bertz CT molecular complexity index is 723. The predicted molar refractivity (Wildman–Crippen MR) is 84.0 cm³/mol. The van der Waals surface area contributed by atoms with Crippen LogP contribution in [0.1, 0.15) is 20.3 Å². The smallest absolute Gasteiger partial charge is 0.268 e. The van der Waals surface area contributed by atoms with Crippen LogP contribution < -0.4 is 4.72 Å². The van der Waals surface area contributed by atoms with Crippen molar-refractivity contribution in [3.63, 3.8) is 0 Å². The summed E-state index contributed by atoms with van der Waals surface area (Å²) >= 11 is 6.54. The molecule has 114 valence electrons. The van der Waals surface area contributed by atoms with E-state index >= 15 is 0 Å². The lowest BCUT2D eigenvalue weighted by molar-refractivity contribution is -0.113. The lowest BCUT2D eigenvalue weighted by Crippen LogP contribution is -2.39. The van der Waals surface area contributed by atoms with Crippen LogP contribution in [0.4, 0.5) is 0 Å². The lowest BCUT2D eigenvalue weighted by atomic mass is 10.1. The number of sulfonamides is 1. The third kappa shape index (κ3) is 4.00. The molecular weight excluding hydrogens is 332 g/mol. The summed E-state index contributed by atoms with van der Waals surface area (Å²) in [6.45, 7) is 3.78. The van der Waals surface area contributed by atoms with Crippen LogP contribution in [0.2, 0.25) is 0 Å². The average Bonchev–Trinajstić information content (AvgIpc) is 2.81. The molecule has 0 bridgehead atoms. The van der Waals surface area contributed by atoms with E-state index in [1.807, 2.05) is 19.9 Å². The van der Waals surface area contributed by atoms with Crippen LogP contribution in [0.3, 0.4) is 0 Å². The van der Waals surface area contributed by atoms with E-state index in [1.54, 1.807) is 18.2 Å². The molecule has 1 aromatic heterocycles. The SMILES string of the molecule is CC(C)C[C@H](NS(=O)(=O)c1nc2ccccc2s1)C(=O)Cl. The Labute approximate surface area is 132 Å². The van der Waals surface area contributed by atoms with E-state index in [0.717, 1.165) is 16.0 Å². The van der Waals surface area contributed by atoms with Crippen molar-refractivity contribution in [2.45, 2.75) is 30.6 Å². The van der Waals surface area contributed by atoms with Gasteiger partial charge in [-0.2, -0.15) is 4.72 Å². The molecule has 0 aliphatic heterocycles. The maximum absolute atomic E-state index is 12.3. The molecule has 0 amide bonds. The molecule has 0 saturated heterocycles. The van der Waals surface area contributed by atoms with Crippen LogP contribution in [-0.2, 0) is 14.8 Å². The third-order valence-corrected chi connectivity index (χ3v) is 5.93. The first-order valence-electron chi connectivity index (χ1n) is 6.37. The van der Waals surface area contributed by atoms with E-state index in [2.05, 4.69) is 9.71 Å². The van der Waals surface area contributed by atoms with Gasteiger partial charge in [0.25, 0.3) is 10.0 Å². The predicted octanol–water partition coefficient (Wildman–Crippen LogP) is 2.75. The molecule has 0 radical (unpaired) electrons. The number of rotatable bonds is 6. The van der Waals surface area contributed by atoms with Crippen LogP contribution >= 0.6 is 22.9 Å². The topological polar surface area (TPSA) is 76.1 Å². The zero-order valence-corrected chi connectivity index (χ0v) is 13.9. The minimum Gasteiger partial charge on any atom is -0.279 e. The van der Waals surface area contributed by atoms with Crippen molar-refractivity contribution in [2.24, 2.45) is 5.92 Å². The molecule has 0 saturated carbocycles. The average molecular weight is 347 g/mol. The van der Waals surface area contributed by atoms with Crippen LogP contribution in [0.15, 0.2) is 28.6 Å². The molecule has 5 nitrogen and oxygen atoms in total. The normalized spacial score (nSPS) is 13.7. The number of para-hydroxylation sites is 1. The number of halogens is 1. The summed E-state index contributed by atoms with van der Waals surface area (Å²) in [6, 6.07) is 6.20. The Morgan fingerprint density at radius 1 is 1.38 bits per heavy atom. The number of fused-ring (bicyclic) bond motifs is 1. The lowest BCUT2D eigenvalue weighted by Gasteiger charge is -2.15. The van der Waals surface area contributed by atoms with Gasteiger partial charge in [-0.1, -0.05) is 26.0 Å². The van der Waals surface area contributed by atoms with Gasteiger partial charge >= 0.3 is 0 Å². The Kier molecular flexibility index (Phi) is 4.98. The first-order valence-corrected chi connectivity index (χ1v) is 9.04. The highest BCUT2D eigenvalue weighted by atomic mass is 35.5. The quantitative estimate of drug-likeness (QED) is 0.816. The van der Waals surface area contributed by atoms with Gasteiger partial charge in [-0.3, -0.25) is 4.79 Å². The molecule has 0 aliphatic rings. The molecule has 21 heavy (non-hydrogen) atoms. The number of benzene rings is 1. The summed E-state index contributed by atoms with van der Waals surface area (Å²) in [5.74, 6) is 0.135. The summed E-state index contributed by atoms with van der Waals surface area (Å²) in [7, 11) is -3.86. The minimum absolute atomic E-state index is 0.0598. The summed E-state index contributed by atoms with van der Waals surface area (Å²) in [5, 5.41) is -0.714. The molecule has 8 heteroatoms. The van der Waals surface area contributed by atoms with E-state index in [1.165, 1.54) is 0 Å². The number of aromatic nitrogens is 1. The van der Waals surface area contributed by atoms with E-state index in [0.29, 0.717) is 11.9 Å². The monoisotopic (exact) mass is 346 g/mol. The maximum Gasteiger partial charge on any atom is 0.268 e. The Balaban J connectivity index is 2.30. The number of carbonyl (C=O) groups is 1. The van der Waals surface area contributed by atoms with Crippen molar-refractivity contribution in [1.29, 1.82) is 0 Å². The molecule has 1 heterocycles. The van der Waals surface area contributed by atoms with Gasteiger partial charge in [0.15, 0.2) is 0 Å². The van der Waals surface area contributed by atoms with Gasteiger partial charge in [-0.25, -0.2) is 13.4 Å². The second-order valence-electron chi connectivity index (χ2n) is 5.06. The zero-order valence-electron chi connectivity index (χ0n) is 11.5. The van der Waals surface area contributed by atoms with E-state index in [9.17, 15) is 13.2 Å². The molecule has 0 fully saturated rings. The van der Waals surface area contributed by atoms with Gasteiger partial charge < -0.3 is 0 Å². The van der Waals surface area contributed by atoms with Gasteiger partial charge in [-0.15, -0.1) is 11.3 Å². The maximum atomic E-state index is 12.3. The number of nitrogens with one attached hydrogen (secondary N) is 1. The summed E-state index contributed by atoms with van der Waals surface area (Å²) in [4.78, 5) is 15.5. The van der Waals surface area contributed by atoms with Crippen molar-refractivity contribution in [2.75, 3.05) is 0 Å². The number of carbonyl (C=O) groups excluding carboxylic acids is 1. The van der Waals surface area contributed by atoms with E-state index in [4.69, 9.17) is 11.6 Å². The fourth-order valence-corrected chi connectivity index (χ4v) is 4.52. The van der Waals surface area contributed by atoms with Crippen LogP contribution in [0, 0.1) is 5.92 Å². The molecule has 2 rings (SSSR count). The van der Waals surface area contributed by atoms with Gasteiger partial charge in [-0.05, 0) is 36.1 Å². The highest BCUT2D eigenvalue weighted by molar-refractivity contribution is 7.91. The number of nitrogens with zero attached hydrogens (tertiary/aromatic N) is 1. The highest BCUT2D eigenvalue weighted by Gasteiger charge is 2.27. The minimum atomic E-state index is -3.86. The molecule has 1 N–H and O–H groups in total. The van der Waals surface area contributed by atoms with Crippen molar-refractivity contribution in [1.82, 2.24) is 9.71 Å². The van der Waals surface area contributed by atoms with Crippen molar-refractivity contribution in [3.05, 3.63) is 24.3 Å². The van der Waals surface area contributed by atoms with Crippen LogP contribution in [0.25, 0.3) is 10.2 Å². The van der Waals surface area contributed by atoms with E-state index in [-0.39, 0.29) is 10.3 Å². The largest absolute Gasteiger partial charge is 0.279 e. The van der Waals surface area contributed by atoms with Crippen molar-refractivity contribution < 1.29 is 13.2 Å². The molecule has 1 aromatic carbocycles. The van der Waals surface area contributed by atoms with Gasteiger partial charge in [0, 0.05) is 0 Å². The standard InChI is InChI=1S/C13H15ClN2O3S2/c1-8(2)7-10(12(14)17)16-21(18,19)13-15-9-5-3-4-6-11(9)20-13/h3-6,8,10,16H,7H2,1-2H3/t10-/m0/s1. The molecular formula is C13H15ClN2O3S2. The first kappa shape index (κ1) is 16.4. The van der Waals surface area contributed by atoms with Crippen molar-refractivity contribution >= 4 is 48.4 Å². The fourth-order valence-electron chi connectivity index (χ4n) is 1.86. The van der Waals surface area contributed by atoms with E-state index < -0.39 is 21.3 Å². The Morgan fingerprint density at radius 3 is 2.62 bits per heavy atom. The molecule has 1 atom stereocenters. The second kappa shape index (κ2) is 6.39. The Morgan fingerprint density at radius 2 is 2.05 bits per heavy atom. The Hall–Kier alpha value is -1.02. The zero-order chi connectivity index (χ0) is 15.6. The summed E-state index contributed by atoms with van der Waals surface area (Å²) in [6.07, 6.45) is 0.340. The van der Waals surface area contributed by atoms with Crippen LogP contribution in [-0.4, -0.2) is 24.7 Å². The number of hydrogen-bond acceptors (Lipinski definition) is 5. The summed E-state index contributed by atoms with van der Waals surface area (Å²) in [5.41, 5.74) is 0.612. The fraction of sp³-hybridized carbons (Fsp3) is 0.385. The van der Waals surface area contributed by atoms with Gasteiger partial charge in [0.1, 0.15) is 0 Å². The van der Waals surface area contributed by atoms with Crippen LogP contribution in [0.5, 0.6) is 0 Å². The molecule has 2 aromatic rings. The molecule has 0 aliphatic carbocycles. The highest BCUT2D eigenvalue weighted by Crippen LogP contribution is 2.25. The molecule has 0 unspecified atom stereocenters.